The van der Waals surface area contributed by atoms with E-state index in [1.807, 2.05) is 36.9 Å². The maximum atomic E-state index is 8.81. The Balaban J connectivity index is 0.000000105. The van der Waals surface area contributed by atoms with Gasteiger partial charge in [0.1, 0.15) is 35.2 Å². The fourth-order valence-electron chi connectivity index (χ4n) is 21.4. The molecular weight excluding hydrogens is 1260 g/mol. The molecule has 0 amide bonds. The molecule has 5 saturated carbocycles. The van der Waals surface area contributed by atoms with Gasteiger partial charge >= 0.3 is 0 Å². The van der Waals surface area contributed by atoms with Crippen LogP contribution in [0.3, 0.4) is 0 Å². The Morgan fingerprint density at radius 3 is 1.35 bits per heavy atom. The third kappa shape index (κ3) is 12.2. The molecule has 5 nitrogen and oxygen atoms in total. The van der Waals surface area contributed by atoms with Crippen LogP contribution in [-0.2, 0) is 58.9 Å². The standard InChI is InChI=1S/C22H28N.C20H24N.3C19H22N/c1-14-7-8-16(15(2)11-14)20-12-17-18-9-10-22(5,21(18,3)4)19(17)13-23(20)6;1-13-5-6-16(14(2)9-13)19-10-18-17(12-21(19)4)15-7-8-20(18,3)11-15;1-12-4-7-16(13(2)8-12)19-10-17-14-5-6-15(9-14)18(17)11-20(19)3;2*1-12-4-5-17(13(2)6-12)19-10-18-15-7-14(8-15)9-16(18)11-20(19)3/h7-8,11-13,18H,9-10H2,1-6H3;5-6,9-10,12,15H,7-8,11H2,1-4H3;4,7-8,10-11,14-15H,5-6,9H2,1-3H3;2*4-6,10-11,14-15H,7-9H2,1-3H3/q5*+1/i;15D;;1D3,9D2,15D;. The molecule has 10 bridgehead atoms. The van der Waals surface area contributed by atoms with Gasteiger partial charge in [-0.15, -0.1) is 0 Å². The van der Waals surface area contributed by atoms with Crippen molar-refractivity contribution in [2.24, 2.45) is 52.5 Å². The van der Waals surface area contributed by atoms with Crippen LogP contribution in [0.5, 0.6) is 0 Å². The second-order valence-electron chi connectivity index (χ2n) is 35.4. The van der Waals surface area contributed by atoms with Crippen LogP contribution in [0.2, 0.25) is 0 Å². The minimum Gasteiger partial charge on any atom is -0.201 e. The Morgan fingerprint density at radius 1 is 0.375 bits per heavy atom. The molecule has 104 heavy (non-hydrogen) atoms. The SMILES string of the molecule is Cc1ccc(-c2cc3c(c[n+]2C)C2(C)CCC3C2(C)C)c(C)c1.Cc1ccc(-c2cc3c(c[n+]2C)C2CCC3C2)c(C)c1.Cc1ccc(-c2cc3c(c[n+]2C)CC2CC3C2)c(C)c1.[2H]C([2H])([2H])c1ccc(-c2cc3c(c[n+]2C)C([2H])([2H])C2CC3([2H])C2)c(C)c1.[2H]C12CCC(C)(C1)c1cc(-c3ccc(C)cc3C)[n+](C)cc12. The first-order valence-electron chi connectivity index (χ1n) is 42.9. The lowest BCUT2D eigenvalue weighted by Crippen LogP contribution is -2.37. The summed E-state index contributed by atoms with van der Waals surface area (Å²) >= 11 is 0. The topological polar surface area (TPSA) is 19.4 Å². The van der Waals surface area contributed by atoms with Gasteiger partial charge in [-0.3, -0.25) is 0 Å². The van der Waals surface area contributed by atoms with Crippen LogP contribution in [0, 0.1) is 86.4 Å². The molecule has 12 aliphatic carbocycles. The number of hydrogen-bond acceptors (Lipinski definition) is 0. The summed E-state index contributed by atoms with van der Waals surface area (Å²) in [6, 6.07) is 43.9. The summed E-state index contributed by atoms with van der Waals surface area (Å²) in [4.78, 5) is 0. The minimum atomic E-state index is -2.14. The van der Waals surface area contributed by atoms with Crippen LogP contribution in [0.4, 0.5) is 0 Å². The van der Waals surface area contributed by atoms with Crippen molar-refractivity contribution >= 4 is 0 Å². The summed E-state index contributed by atoms with van der Waals surface area (Å²) in [5, 5.41) is 0. The van der Waals surface area contributed by atoms with Crippen molar-refractivity contribution in [1.82, 2.24) is 0 Å². The van der Waals surface area contributed by atoms with Crippen LogP contribution >= 0.6 is 0 Å². The van der Waals surface area contributed by atoms with Gasteiger partial charge in [0.05, 0.1) is 0 Å². The molecule has 12 aliphatic rings. The van der Waals surface area contributed by atoms with E-state index < -0.39 is 19.1 Å². The molecule has 5 aromatic heterocycles. The third-order valence-corrected chi connectivity index (χ3v) is 27.8. The van der Waals surface area contributed by atoms with Crippen LogP contribution in [0.15, 0.2) is 152 Å². The van der Waals surface area contributed by atoms with Gasteiger partial charge < -0.3 is 0 Å². The Hall–Kier alpha value is -8.15. The van der Waals surface area contributed by atoms with Crippen molar-refractivity contribution in [2.45, 2.75) is 233 Å². The Kier molecular flexibility index (Phi) is 15.8. The van der Waals surface area contributed by atoms with Crippen molar-refractivity contribution in [3.05, 3.63) is 264 Å². The first-order valence-corrected chi connectivity index (χ1v) is 39.4. The summed E-state index contributed by atoms with van der Waals surface area (Å²) in [5.74, 6) is 3.10. The van der Waals surface area contributed by atoms with E-state index in [-0.39, 0.29) is 17.2 Å². The van der Waals surface area contributed by atoms with Crippen molar-refractivity contribution < 1.29 is 32.4 Å². The van der Waals surface area contributed by atoms with Gasteiger partial charge in [0.25, 0.3) is 0 Å². The molecule has 22 rings (SSSR count). The van der Waals surface area contributed by atoms with E-state index in [0.29, 0.717) is 40.7 Å². The van der Waals surface area contributed by atoms with Gasteiger partial charge in [0, 0.05) is 101 Å². The van der Waals surface area contributed by atoms with Crippen molar-refractivity contribution in [3.63, 3.8) is 0 Å². The number of rotatable bonds is 5. The van der Waals surface area contributed by atoms with Crippen LogP contribution < -0.4 is 22.8 Å². The molecule has 5 aromatic carbocycles. The summed E-state index contributed by atoms with van der Waals surface area (Å²) in [5.41, 5.74) is 39.2. The lowest BCUT2D eigenvalue weighted by atomic mass is 9.63. The molecule has 534 valence electrons. The largest absolute Gasteiger partial charge is 0.212 e. The highest BCUT2D eigenvalue weighted by Gasteiger charge is 2.61. The molecule has 10 aromatic rings. The molecule has 0 aliphatic heterocycles. The molecule has 0 spiro atoms. The molecule has 5 heterocycles. The van der Waals surface area contributed by atoms with E-state index >= 15 is 0 Å². The lowest BCUT2D eigenvalue weighted by molar-refractivity contribution is -0.661. The third-order valence-electron chi connectivity index (χ3n) is 27.8. The Bertz CT molecular complexity index is 5420. The predicted molar refractivity (Wildman–Crippen MR) is 427 cm³/mol. The zero-order valence-corrected chi connectivity index (χ0v) is 65.8. The number of benzene rings is 5. The monoisotopic (exact) mass is 1380 g/mol. The lowest BCUT2D eigenvalue weighted by Gasteiger charge is -2.41. The molecule has 0 N–H and O–H groups in total. The smallest absolute Gasteiger partial charge is 0.201 e. The molecule has 5 fully saturated rings. The molecule has 6 atom stereocenters. The summed E-state index contributed by atoms with van der Waals surface area (Å²) in [7, 11) is 10.6. The maximum absolute atomic E-state index is 8.81. The first-order chi connectivity index (χ1) is 52.3. The van der Waals surface area contributed by atoms with Gasteiger partial charge in [-0.25, -0.2) is 22.8 Å². The van der Waals surface area contributed by atoms with Gasteiger partial charge in [-0.1, -0.05) is 116 Å². The molecule has 0 saturated heterocycles. The highest BCUT2D eigenvalue weighted by molar-refractivity contribution is 5.68. The van der Waals surface area contributed by atoms with Crippen molar-refractivity contribution in [3.8, 4) is 56.3 Å². The van der Waals surface area contributed by atoms with E-state index in [4.69, 9.17) is 9.60 Å². The quantitative estimate of drug-likeness (QED) is 0.153. The van der Waals surface area contributed by atoms with Crippen molar-refractivity contribution in [1.29, 1.82) is 0 Å². The Labute approximate surface area is 634 Å². The minimum absolute atomic E-state index is 0.0707. The number of pyridine rings is 5. The second-order valence-corrected chi connectivity index (χ2v) is 35.4. The van der Waals surface area contributed by atoms with Crippen molar-refractivity contribution in [2.75, 3.05) is 0 Å². The zero-order valence-electron chi connectivity index (χ0n) is 72.8. The normalized spacial score (nSPS) is 27.7. The van der Waals surface area contributed by atoms with E-state index in [1.54, 1.807) is 45.5 Å². The number of fused-ring (bicyclic) bond motifs is 15. The first kappa shape index (κ1) is 62.1. The van der Waals surface area contributed by atoms with Gasteiger partial charge in [-0.05, 0) is 303 Å². The van der Waals surface area contributed by atoms with Crippen LogP contribution in [0.25, 0.3) is 56.3 Å². The Morgan fingerprint density at radius 2 is 0.817 bits per heavy atom. The van der Waals surface area contributed by atoms with E-state index in [0.717, 1.165) is 65.3 Å². The summed E-state index contributed by atoms with van der Waals surface area (Å²) in [6.45, 7) is 27.0. The van der Waals surface area contributed by atoms with E-state index in [9.17, 15) is 0 Å². The highest BCUT2D eigenvalue weighted by atomic mass is 15.0. The maximum Gasteiger partial charge on any atom is 0.212 e. The van der Waals surface area contributed by atoms with Crippen LogP contribution in [0.1, 0.15) is 261 Å². The van der Waals surface area contributed by atoms with Gasteiger partial charge in [0.2, 0.25) is 28.5 Å². The summed E-state index contributed by atoms with van der Waals surface area (Å²) in [6.07, 6.45) is 25.2. The number of hydrogen-bond donors (Lipinski definition) is 0. The van der Waals surface area contributed by atoms with E-state index in [1.165, 1.54) is 152 Å². The number of aryl methyl sites for hydroxylation is 15. The van der Waals surface area contributed by atoms with Gasteiger partial charge in [-0.2, -0.15) is 0 Å². The fraction of sp³-hybridized carbons (Fsp3) is 0.444. The van der Waals surface area contributed by atoms with Gasteiger partial charge in [0.15, 0.2) is 31.0 Å². The number of nitrogens with zero attached hydrogens (tertiary/aromatic N) is 5. The second kappa shape index (κ2) is 26.4. The molecule has 6 unspecified atom stereocenters. The molecule has 5 heteroatoms. The predicted octanol–water partition coefficient (Wildman–Crippen LogP) is 21.2. The average Bonchev–Trinajstić information content (AvgIpc) is 1.67. The fourth-order valence-corrected chi connectivity index (χ4v) is 21.4. The summed E-state index contributed by atoms with van der Waals surface area (Å²) < 4.78 is 68.3. The van der Waals surface area contributed by atoms with E-state index in [2.05, 4.69) is 251 Å². The highest BCUT2D eigenvalue weighted by Crippen LogP contribution is 2.68. The van der Waals surface area contributed by atoms with Crippen LogP contribution in [-0.4, -0.2) is 0 Å². The average molecular weight is 1390 g/mol. The molecule has 0 radical (unpaired) electrons. The number of aromatic nitrogens is 5. The molecular formula is C99H118N5+5. The zero-order chi connectivity index (χ0) is 79.0.